The van der Waals surface area contributed by atoms with Crippen LogP contribution in [0.3, 0.4) is 0 Å². The summed E-state index contributed by atoms with van der Waals surface area (Å²) in [5, 5.41) is 11.5. The van der Waals surface area contributed by atoms with Gasteiger partial charge >= 0.3 is 0 Å². The van der Waals surface area contributed by atoms with E-state index in [-0.39, 0.29) is 16.5 Å². The molecule has 2 aliphatic rings. The van der Waals surface area contributed by atoms with Crippen LogP contribution in [0.4, 0.5) is 11.4 Å². The number of benzene rings is 1. The van der Waals surface area contributed by atoms with E-state index in [4.69, 9.17) is 0 Å². The van der Waals surface area contributed by atoms with Crippen molar-refractivity contribution >= 4 is 17.3 Å². The molecule has 1 saturated carbocycles. The van der Waals surface area contributed by atoms with E-state index in [1.807, 2.05) is 0 Å². The summed E-state index contributed by atoms with van der Waals surface area (Å²) in [6.45, 7) is 4.57. The third kappa shape index (κ3) is 3.68. The fraction of sp³-hybridized carbons (Fsp3) is 0.611. The molecular formula is C18H25N3O3. The van der Waals surface area contributed by atoms with Gasteiger partial charge in [0.25, 0.3) is 11.6 Å². The summed E-state index contributed by atoms with van der Waals surface area (Å²) in [6, 6.07) is 4.92. The normalized spacial score (nSPS) is 20.8. The third-order valence-corrected chi connectivity index (χ3v) is 4.99. The Balaban J connectivity index is 1.83. The van der Waals surface area contributed by atoms with E-state index in [0.717, 1.165) is 32.5 Å². The lowest BCUT2D eigenvalue weighted by Gasteiger charge is -2.32. The average Bonchev–Trinajstić information content (AvgIpc) is 3.37. The van der Waals surface area contributed by atoms with Gasteiger partial charge < -0.3 is 9.80 Å². The van der Waals surface area contributed by atoms with E-state index >= 15 is 0 Å². The zero-order valence-corrected chi connectivity index (χ0v) is 14.4. The highest BCUT2D eigenvalue weighted by Crippen LogP contribution is 2.33. The van der Waals surface area contributed by atoms with Crippen molar-refractivity contribution in [3.8, 4) is 0 Å². The van der Waals surface area contributed by atoms with Gasteiger partial charge in [0.1, 0.15) is 5.69 Å². The number of rotatable bonds is 5. The summed E-state index contributed by atoms with van der Waals surface area (Å²) in [6.07, 6.45) is 4.55. The van der Waals surface area contributed by atoms with Crippen molar-refractivity contribution in [3.63, 3.8) is 0 Å². The predicted molar refractivity (Wildman–Crippen MR) is 93.4 cm³/mol. The highest BCUT2D eigenvalue weighted by Gasteiger charge is 2.28. The Kier molecular flexibility index (Phi) is 4.73. The largest absolute Gasteiger partial charge is 0.366 e. The second-order valence-corrected chi connectivity index (χ2v) is 7.28. The van der Waals surface area contributed by atoms with Gasteiger partial charge in [0.15, 0.2) is 0 Å². The molecule has 0 aromatic heterocycles. The lowest BCUT2D eigenvalue weighted by atomic mass is 9.99. The molecule has 1 heterocycles. The molecular weight excluding hydrogens is 306 g/mol. The van der Waals surface area contributed by atoms with Gasteiger partial charge in [-0.15, -0.1) is 0 Å². The van der Waals surface area contributed by atoms with Crippen LogP contribution in [-0.4, -0.2) is 42.4 Å². The van der Waals surface area contributed by atoms with Crippen LogP contribution in [0.2, 0.25) is 0 Å². The Morgan fingerprint density at radius 3 is 2.75 bits per heavy atom. The monoisotopic (exact) mass is 331 g/mol. The molecule has 130 valence electrons. The van der Waals surface area contributed by atoms with Gasteiger partial charge in [-0.05, 0) is 49.7 Å². The van der Waals surface area contributed by atoms with Crippen molar-refractivity contribution in [1.29, 1.82) is 0 Å². The van der Waals surface area contributed by atoms with E-state index in [1.54, 1.807) is 24.1 Å². The minimum Gasteiger partial charge on any atom is -0.366 e. The van der Waals surface area contributed by atoms with E-state index in [9.17, 15) is 14.9 Å². The summed E-state index contributed by atoms with van der Waals surface area (Å²) < 4.78 is 0. The standard InChI is InChI=1S/C18H25N3O3/c1-13-4-3-9-20(11-13)16-8-7-15(10-17(16)21(23)24)18(22)19(2)12-14-5-6-14/h7-8,10,13-14H,3-6,9,11-12H2,1-2H3/t13-/m1/s1. The summed E-state index contributed by atoms with van der Waals surface area (Å²) in [4.78, 5) is 27.4. The van der Waals surface area contributed by atoms with Crippen molar-refractivity contribution in [2.45, 2.75) is 32.6 Å². The summed E-state index contributed by atoms with van der Waals surface area (Å²) in [5.41, 5.74) is 1.07. The third-order valence-electron chi connectivity index (χ3n) is 4.99. The Hall–Kier alpha value is -2.11. The van der Waals surface area contributed by atoms with Crippen molar-refractivity contribution in [2.24, 2.45) is 11.8 Å². The van der Waals surface area contributed by atoms with Gasteiger partial charge in [0.2, 0.25) is 0 Å². The molecule has 1 saturated heterocycles. The summed E-state index contributed by atoms with van der Waals surface area (Å²) >= 11 is 0. The molecule has 6 nitrogen and oxygen atoms in total. The molecule has 2 fully saturated rings. The minimum atomic E-state index is -0.369. The second-order valence-electron chi connectivity index (χ2n) is 7.28. The Morgan fingerprint density at radius 2 is 2.12 bits per heavy atom. The van der Waals surface area contributed by atoms with Crippen LogP contribution in [0.1, 0.15) is 43.0 Å². The first-order valence-electron chi connectivity index (χ1n) is 8.74. The van der Waals surface area contributed by atoms with Crippen LogP contribution in [0.15, 0.2) is 18.2 Å². The van der Waals surface area contributed by atoms with Crippen LogP contribution in [0.5, 0.6) is 0 Å². The number of anilines is 1. The molecule has 1 aromatic carbocycles. The lowest BCUT2D eigenvalue weighted by Crippen LogP contribution is -2.34. The van der Waals surface area contributed by atoms with Crippen LogP contribution >= 0.6 is 0 Å². The first-order chi connectivity index (χ1) is 11.5. The number of nitrogens with zero attached hydrogens (tertiary/aromatic N) is 3. The number of carbonyl (C=O) groups excluding carboxylic acids is 1. The molecule has 1 aliphatic heterocycles. The second kappa shape index (κ2) is 6.79. The Bertz CT molecular complexity index is 642. The number of piperidine rings is 1. The molecule has 1 aliphatic carbocycles. The molecule has 0 unspecified atom stereocenters. The van der Waals surface area contributed by atoms with E-state index < -0.39 is 0 Å². The number of nitro groups is 1. The first-order valence-corrected chi connectivity index (χ1v) is 8.74. The SMILES string of the molecule is C[C@@H]1CCCN(c2ccc(C(=O)N(C)CC3CC3)cc2[N+](=O)[O-])C1. The highest BCUT2D eigenvalue weighted by molar-refractivity contribution is 5.95. The lowest BCUT2D eigenvalue weighted by molar-refractivity contribution is -0.384. The van der Waals surface area contributed by atoms with Crippen molar-refractivity contribution < 1.29 is 9.72 Å². The maximum Gasteiger partial charge on any atom is 0.293 e. The van der Waals surface area contributed by atoms with Crippen molar-refractivity contribution in [3.05, 3.63) is 33.9 Å². The van der Waals surface area contributed by atoms with Gasteiger partial charge in [0.05, 0.1) is 4.92 Å². The summed E-state index contributed by atoms with van der Waals surface area (Å²) in [5.74, 6) is 0.996. The average molecular weight is 331 g/mol. The van der Waals surface area contributed by atoms with E-state index in [0.29, 0.717) is 23.1 Å². The smallest absolute Gasteiger partial charge is 0.293 e. The van der Waals surface area contributed by atoms with Gasteiger partial charge in [0, 0.05) is 38.3 Å². The Labute approximate surface area is 142 Å². The number of amides is 1. The molecule has 1 atom stereocenters. The predicted octanol–water partition coefficient (Wildman–Crippen LogP) is 3.31. The fourth-order valence-corrected chi connectivity index (χ4v) is 3.47. The molecule has 0 bridgehead atoms. The van der Waals surface area contributed by atoms with Crippen LogP contribution in [0.25, 0.3) is 0 Å². The van der Waals surface area contributed by atoms with Gasteiger partial charge in [-0.2, -0.15) is 0 Å². The fourth-order valence-electron chi connectivity index (χ4n) is 3.47. The van der Waals surface area contributed by atoms with Crippen LogP contribution in [-0.2, 0) is 0 Å². The maximum atomic E-state index is 12.5. The summed E-state index contributed by atoms with van der Waals surface area (Å²) in [7, 11) is 1.77. The number of hydrogen-bond donors (Lipinski definition) is 0. The zero-order chi connectivity index (χ0) is 17.3. The maximum absolute atomic E-state index is 12.5. The molecule has 24 heavy (non-hydrogen) atoms. The topological polar surface area (TPSA) is 66.7 Å². The quantitative estimate of drug-likeness (QED) is 0.613. The van der Waals surface area contributed by atoms with E-state index in [1.165, 1.54) is 18.9 Å². The van der Waals surface area contributed by atoms with Gasteiger partial charge in [-0.1, -0.05) is 6.92 Å². The molecule has 1 amide bonds. The molecule has 6 heteroatoms. The van der Waals surface area contributed by atoms with Crippen LogP contribution < -0.4 is 4.90 Å². The number of carbonyl (C=O) groups is 1. The molecule has 0 radical (unpaired) electrons. The zero-order valence-electron chi connectivity index (χ0n) is 14.4. The van der Waals surface area contributed by atoms with Gasteiger partial charge in [-0.25, -0.2) is 0 Å². The molecule has 1 aromatic rings. The van der Waals surface area contributed by atoms with Crippen molar-refractivity contribution in [2.75, 3.05) is 31.6 Å². The minimum absolute atomic E-state index is 0.0368. The van der Waals surface area contributed by atoms with Crippen molar-refractivity contribution in [1.82, 2.24) is 4.90 Å². The number of nitro benzene ring substituents is 1. The first kappa shape index (κ1) is 16.7. The highest BCUT2D eigenvalue weighted by atomic mass is 16.6. The van der Waals surface area contributed by atoms with Gasteiger partial charge in [-0.3, -0.25) is 14.9 Å². The van der Waals surface area contributed by atoms with Crippen LogP contribution in [0, 0.1) is 22.0 Å². The molecule has 3 rings (SSSR count). The van der Waals surface area contributed by atoms with E-state index in [2.05, 4.69) is 11.8 Å². The molecule has 0 spiro atoms. The molecule has 0 N–H and O–H groups in total. The Morgan fingerprint density at radius 1 is 1.38 bits per heavy atom. The number of hydrogen-bond acceptors (Lipinski definition) is 4.